The van der Waals surface area contributed by atoms with E-state index in [0.717, 1.165) is 36.1 Å². The molecule has 0 fully saturated rings. The predicted molar refractivity (Wildman–Crippen MR) is 90.1 cm³/mol. The van der Waals surface area contributed by atoms with E-state index < -0.39 is 0 Å². The average molecular weight is 307 g/mol. The molecule has 0 unspecified atom stereocenters. The molecule has 0 amide bonds. The van der Waals surface area contributed by atoms with E-state index in [0.29, 0.717) is 0 Å². The molecule has 0 atom stereocenters. The molecule has 1 aliphatic carbocycles. The molecule has 0 radical (unpaired) electrons. The maximum absolute atomic E-state index is 4.79. The summed E-state index contributed by atoms with van der Waals surface area (Å²) >= 11 is 3.77. The lowest BCUT2D eigenvalue weighted by atomic mass is 10.2. The lowest BCUT2D eigenvalue weighted by Crippen LogP contribution is -2.05. The standard InChI is InChI=1S/C15H21N3S2/c1-3-8-16-14-13-10-6-5-7-11(10)20-15(13)18-12(17-14)9-19-4-2/h3-9H2,1-2H3,(H,16,17,18). The van der Waals surface area contributed by atoms with Crippen LogP contribution in [-0.4, -0.2) is 22.3 Å². The van der Waals surface area contributed by atoms with Crippen LogP contribution in [-0.2, 0) is 18.6 Å². The summed E-state index contributed by atoms with van der Waals surface area (Å²) in [6.07, 6.45) is 4.83. The van der Waals surface area contributed by atoms with Crippen molar-refractivity contribution in [3.8, 4) is 0 Å². The molecule has 3 rings (SSSR count). The summed E-state index contributed by atoms with van der Waals surface area (Å²) < 4.78 is 0. The Hall–Kier alpha value is -0.810. The van der Waals surface area contributed by atoms with E-state index in [1.54, 1.807) is 0 Å². The van der Waals surface area contributed by atoms with Crippen LogP contribution in [0.15, 0.2) is 0 Å². The van der Waals surface area contributed by atoms with Crippen LogP contribution in [0, 0.1) is 0 Å². The highest BCUT2D eigenvalue weighted by Crippen LogP contribution is 2.39. The number of anilines is 1. The maximum Gasteiger partial charge on any atom is 0.142 e. The van der Waals surface area contributed by atoms with Crippen molar-refractivity contribution in [3.63, 3.8) is 0 Å². The van der Waals surface area contributed by atoms with Crippen molar-refractivity contribution in [2.45, 2.75) is 45.3 Å². The van der Waals surface area contributed by atoms with Gasteiger partial charge in [0.15, 0.2) is 0 Å². The number of hydrogen-bond donors (Lipinski definition) is 1. The van der Waals surface area contributed by atoms with Gasteiger partial charge in [-0.15, -0.1) is 11.3 Å². The molecule has 108 valence electrons. The summed E-state index contributed by atoms with van der Waals surface area (Å²) in [5.41, 5.74) is 1.51. The highest BCUT2D eigenvalue weighted by Gasteiger charge is 2.22. The van der Waals surface area contributed by atoms with Gasteiger partial charge < -0.3 is 5.32 Å². The number of aryl methyl sites for hydroxylation is 2. The lowest BCUT2D eigenvalue weighted by molar-refractivity contribution is 0.915. The van der Waals surface area contributed by atoms with Crippen molar-refractivity contribution in [1.82, 2.24) is 9.97 Å². The Morgan fingerprint density at radius 1 is 1.25 bits per heavy atom. The smallest absolute Gasteiger partial charge is 0.142 e. The Kier molecular flexibility index (Phi) is 4.46. The van der Waals surface area contributed by atoms with Gasteiger partial charge in [-0.1, -0.05) is 13.8 Å². The van der Waals surface area contributed by atoms with Crippen LogP contribution in [0.5, 0.6) is 0 Å². The normalized spacial score (nSPS) is 13.9. The third-order valence-corrected chi connectivity index (χ3v) is 5.64. The second-order valence-electron chi connectivity index (χ2n) is 5.09. The van der Waals surface area contributed by atoms with Crippen LogP contribution in [0.25, 0.3) is 10.2 Å². The second kappa shape index (κ2) is 6.31. The zero-order valence-corrected chi connectivity index (χ0v) is 13.8. The minimum absolute atomic E-state index is 0.913. The first-order chi connectivity index (χ1) is 9.83. The van der Waals surface area contributed by atoms with Gasteiger partial charge in [0, 0.05) is 11.4 Å². The van der Waals surface area contributed by atoms with Gasteiger partial charge in [-0.2, -0.15) is 11.8 Å². The number of hydrogen-bond acceptors (Lipinski definition) is 5. The third kappa shape index (κ3) is 2.66. The number of nitrogens with zero attached hydrogens (tertiary/aromatic N) is 2. The fraction of sp³-hybridized carbons (Fsp3) is 0.600. The summed E-state index contributed by atoms with van der Waals surface area (Å²) in [7, 11) is 0. The van der Waals surface area contributed by atoms with Crippen LogP contribution >= 0.6 is 23.1 Å². The molecule has 2 aromatic rings. The van der Waals surface area contributed by atoms with Gasteiger partial charge >= 0.3 is 0 Å². The molecule has 0 saturated heterocycles. The van der Waals surface area contributed by atoms with Crippen LogP contribution in [0.1, 0.15) is 43.0 Å². The van der Waals surface area contributed by atoms with Crippen LogP contribution < -0.4 is 5.32 Å². The molecule has 2 heterocycles. The molecular weight excluding hydrogens is 286 g/mol. The molecule has 20 heavy (non-hydrogen) atoms. The third-order valence-electron chi connectivity index (χ3n) is 3.59. The van der Waals surface area contributed by atoms with E-state index in [-0.39, 0.29) is 0 Å². The van der Waals surface area contributed by atoms with Crippen LogP contribution in [0.3, 0.4) is 0 Å². The van der Waals surface area contributed by atoms with Crippen molar-refractivity contribution >= 4 is 39.1 Å². The molecule has 1 N–H and O–H groups in total. The first kappa shape index (κ1) is 14.1. The largest absolute Gasteiger partial charge is 0.369 e. The van der Waals surface area contributed by atoms with E-state index in [1.165, 1.54) is 39.9 Å². The van der Waals surface area contributed by atoms with Crippen molar-refractivity contribution in [2.24, 2.45) is 0 Å². The zero-order chi connectivity index (χ0) is 13.9. The van der Waals surface area contributed by atoms with Gasteiger partial charge in [-0.25, -0.2) is 9.97 Å². The first-order valence-electron chi connectivity index (χ1n) is 7.46. The van der Waals surface area contributed by atoms with E-state index in [4.69, 9.17) is 9.97 Å². The second-order valence-corrected chi connectivity index (χ2v) is 7.45. The Balaban J connectivity index is 2.04. The van der Waals surface area contributed by atoms with Gasteiger partial charge in [0.05, 0.1) is 11.1 Å². The summed E-state index contributed by atoms with van der Waals surface area (Å²) in [5.74, 6) is 4.07. The Morgan fingerprint density at radius 2 is 2.15 bits per heavy atom. The first-order valence-corrected chi connectivity index (χ1v) is 9.43. The molecule has 3 nitrogen and oxygen atoms in total. The molecule has 0 aliphatic heterocycles. The molecule has 1 aliphatic rings. The number of fused-ring (bicyclic) bond motifs is 3. The van der Waals surface area contributed by atoms with Gasteiger partial charge in [-0.05, 0) is 37.0 Å². The number of thiophene rings is 1. The van der Waals surface area contributed by atoms with Gasteiger partial charge in [0.1, 0.15) is 16.5 Å². The summed E-state index contributed by atoms with van der Waals surface area (Å²) in [5, 5.41) is 4.82. The number of nitrogens with one attached hydrogen (secondary N) is 1. The van der Waals surface area contributed by atoms with Crippen molar-refractivity contribution in [3.05, 3.63) is 16.3 Å². The van der Waals surface area contributed by atoms with E-state index in [1.807, 2.05) is 23.1 Å². The van der Waals surface area contributed by atoms with Gasteiger partial charge in [-0.3, -0.25) is 0 Å². The molecule has 0 bridgehead atoms. The van der Waals surface area contributed by atoms with Gasteiger partial charge in [0.2, 0.25) is 0 Å². The monoisotopic (exact) mass is 307 g/mol. The minimum atomic E-state index is 0.913. The van der Waals surface area contributed by atoms with Crippen LogP contribution in [0.4, 0.5) is 5.82 Å². The van der Waals surface area contributed by atoms with Gasteiger partial charge in [0.25, 0.3) is 0 Å². The van der Waals surface area contributed by atoms with E-state index in [9.17, 15) is 0 Å². The molecule has 0 aromatic carbocycles. The summed E-state index contributed by atoms with van der Waals surface area (Å²) in [6, 6.07) is 0. The molecule has 0 saturated carbocycles. The Morgan fingerprint density at radius 3 is 2.95 bits per heavy atom. The molecule has 5 heteroatoms. The molecule has 0 spiro atoms. The zero-order valence-electron chi connectivity index (χ0n) is 12.2. The Labute approximate surface area is 128 Å². The average Bonchev–Trinajstić information content (AvgIpc) is 3.02. The quantitative estimate of drug-likeness (QED) is 0.865. The summed E-state index contributed by atoms with van der Waals surface area (Å²) in [4.78, 5) is 12.3. The Bertz CT molecular complexity index is 607. The number of thioether (sulfide) groups is 1. The maximum atomic E-state index is 4.79. The SMILES string of the molecule is CCCNc1nc(CSCC)nc2sc3c(c12)CCC3. The number of rotatable bonds is 6. The minimum Gasteiger partial charge on any atom is -0.369 e. The van der Waals surface area contributed by atoms with Crippen LogP contribution in [0.2, 0.25) is 0 Å². The molecule has 2 aromatic heterocycles. The highest BCUT2D eigenvalue weighted by molar-refractivity contribution is 7.98. The number of aromatic nitrogens is 2. The molecular formula is C15H21N3S2. The fourth-order valence-corrected chi connectivity index (χ4v) is 4.47. The lowest BCUT2D eigenvalue weighted by Gasteiger charge is -2.09. The topological polar surface area (TPSA) is 37.8 Å². The highest BCUT2D eigenvalue weighted by atomic mass is 32.2. The van der Waals surface area contributed by atoms with Crippen molar-refractivity contribution in [1.29, 1.82) is 0 Å². The van der Waals surface area contributed by atoms with E-state index >= 15 is 0 Å². The van der Waals surface area contributed by atoms with E-state index in [2.05, 4.69) is 19.2 Å². The predicted octanol–water partition coefficient (Wildman–Crippen LogP) is 4.26. The van der Waals surface area contributed by atoms with Crippen molar-refractivity contribution < 1.29 is 0 Å². The van der Waals surface area contributed by atoms with Crippen molar-refractivity contribution in [2.75, 3.05) is 17.6 Å². The summed E-state index contributed by atoms with van der Waals surface area (Å²) in [6.45, 7) is 5.35. The fourth-order valence-electron chi connectivity index (χ4n) is 2.67.